The molecule has 6 heteroatoms. The molecule has 0 radical (unpaired) electrons. The van der Waals surface area contributed by atoms with Gasteiger partial charge >= 0.3 is 0 Å². The van der Waals surface area contributed by atoms with Crippen LogP contribution in [-0.4, -0.2) is 49.9 Å². The predicted molar refractivity (Wildman–Crippen MR) is 68.3 cm³/mol. The molecule has 1 aromatic heterocycles. The van der Waals surface area contributed by atoms with Crippen molar-refractivity contribution in [2.45, 2.75) is 13.0 Å². The lowest BCUT2D eigenvalue weighted by Crippen LogP contribution is -2.40. The van der Waals surface area contributed by atoms with Crippen molar-refractivity contribution in [1.29, 1.82) is 0 Å². The lowest BCUT2D eigenvalue weighted by Gasteiger charge is -2.22. The first kappa shape index (κ1) is 12.9. The zero-order chi connectivity index (χ0) is 12.8. The van der Waals surface area contributed by atoms with Crippen LogP contribution in [0.2, 0.25) is 0 Å². The normalized spacial score (nSPS) is 20.1. The largest absolute Gasteiger partial charge is 0.381 e. The van der Waals surface area contributed by atoms with E-state index in [1.807, 2.05) is 18.0 Å². The van der Waals surface area contributed by atoms with Gasteiger partial charge in [-0.05, 0) is 6.42 Å². The summed E-state index contributed by atoms with van der Waals surface area (Å²) in [7, 11) is 3.77. The summed E-state index contributed by atoms with van der Waals surface area (Å²) in [6.45, 7) is 3.30. The van der Waals surface area contributed by atoms with Gasteiger partial charge in [0.2, 0.25) is 0 Å². The molecule has 1 N–H and O–H groups in total. The number of nitrogens with one attached hydrogen (secondary N) is 1. The summed E-state index contributed by atoms with van der Waals surface area (Å²) in [5, 5.41) is 7.25. The zero-order valence-corrected chi connectivity index (χ0v) is 10.9. The Morgan fingerprint density at radius 3 is 3.17 bits per heavy atom. The van der Waals surface area contributed by atoms with Crippen LogP contribution in [0.4, 0.5) is 0 Å². The molecule has 0 bridgehead atoms. The molecule has 0 spiro atoms. The Balaban J connectivity index is 1.80. The maximum Gasteiger partial charge on any atom is 0.193 e. The SMILES string of the molecule is CN=C(NCC1CCOC1)N(C)Cc1ccon1. The molecule has 0 saturated carbocycles. The van der Waals surface area contributed by atoms with E-state index in [-0.39, 0.29) is 0 Å². The average Bonchev–Trinajstić information content (AvgIpc) is 3.02. The molecule has 1 aromatic rings. The minimum atomic E-state index is 0.585. The van der Waals surface area contributed by atoms with Crippen molar-refractivity contribution in [1.82, 2.24) is 15.4 Å². The van der Waals surface area contributed by atoms with Crippen LogP contribution in [0.15, 0.2) is 21.8 Å². The summed E-state index contributed by atoms with van der Waals surface area (Å²) < 4.78 is 10.2. The molecule has 1 aliphatic rings. The van der Waals surface area contributed by atoms with Crippen LogP contribution < -0.4 is 5.32 Å². The third kappa shape index (κ3) is 3.46. The fraction of sp³-hybridized carbons (Fsp3) is 0.667. The van der Waals surface area contributed by atoms with E-state index in [0.29, 0.717) is 12.5 Å². The Morgan fingerprint density at radius 1 is 1.67 bits per heavy atom. The van der Waals surface area contributed by atoms with Gasteiger partial charge in [-0.15, -0.1) is 0 Å². The third-order valence-corrected chi connectivity index (χ3v) is 3.04. The van der Waals surface area contributed by atoms with E-state index < -0.39 is 0 Å². The lowest BCUT2D eigenvalue weighted by molar-refractivity contribution is 0.186. The first-order valence-corrected chi connectivity index (χ1v) is 6.18. The molecule has 2 rings (SSSR count). The molecule has 1 fully saturated rings. The molecular formula is C12H20N4O2. The lowest BCUT2D eigenvalue weighted by atomic mass is 10.1. The van der Waals surface area contributed by atoms with Crippen LogP contribution in [0.5, 0.6) is 0 Å². The van der Waals surface area contributed by atoms with E-state index >= 15 is 0 Å². The molecule has 0 amide bonds. The predicted octanol–water partition coefficient (Wildman–Crippen LogP) is 0.718. The molecule has 1 saturated heterocycles. The van der Waals surface area contributed by atoms with Crippen LogP contribution in [0.3, 0.4) is 0 Å². The smallest absolute Gasteiger partial charge is 0.193 e. The Kier molecular flexibility index (Phi) is 4.58. The van der Waals surface area contributed by atoms with Crippen LogP contribution in [0.1, 0.15) is 12.1 Å². The zero-order valence-electron chi connectivity index (χ0n) is 10.9. The van der Waals surface area contributed by atoms with Crippen molar-refractivity contribution in [3.63, 3.8) is 0 Å². The van der Waals surface area contributed by atoms with Gasteiger partial charge in [-0.1, -0.05) is 5.16 Å². The number of rotatable bonds is 4. The number of aromatic nitrogens is 1. The van der Waals surface area contributed by atoms with Gasteiger partial charge in [-0.25, -0.2) is 0 Å². The van der Waals surface area contributed by atoms with Gasteiger partial charge in [0.15, 0.2) is 5.96 Å². The maximum absolute atomic E-state index is 5.35. The molecule has 2 heterocycles. The standard InChI is InChI=1S/C12H20N4O2/c1-13-12(14-7-10-3-5-17-9-10)16(2)8-11-4-6-18-15-11/h4,6,10H,3,5,7-9H2,1-2H3,(H,13,14). The Labute approximate surface area is 107 Å². The third-order valence-electron chi connectivity index (χ3n) is 3.04. The highest BCUT2D eigenvalue weighted by Crippen LogP contribution is 2.10. The first-order chi connectivity index (χ1) is 8.79. The topological polar surface area (TPSA) is 62.9 Å². The number of ether oxygens (including phenoxy) is 1. The minimum Gasteiger partial charge on any atom is -0.381 e. The van der Waals surface area contributed by atoms with E-state index in [2.05, 4.69) is 15.5 Å². The molecule has 100 valence electrons. The molecule has 1 aliphatic heterocycles. The number of hydrogen-bond acceptors (Lipinski definition) is 4. The average molecular weight is 252 g/mol. The summed E-state index contributed by atoms with van der Waals surface area (Å²) in [6, 6.07) is 1.86. The number of hydrogen-bond donors (Lipinski definition) is 1. The molecule has 1 atom stereocenters. The summed E-state index contributed by atoms with van der Waals surface area (Å²) in [4.78, 5) is 6.28. The summed E-state index contributed by atoms with van der Waals surface area (Å²) >= 11 is 0. The molecule has 1 unspecified atom stereocenters. The number of nitrogens with zero attached hydrogens (tertiary/aromatic N) is 3. The van der Waals surface area contributed by atoms with E-state index in [1.165, 1.54) is 0 Å². The van der Waals surface area contributed by atoms with E-state index in [0.717, 1.165) is 37.8 Å². The van der Waals surface area contributed by atoms with Crippen LogP contribution in [-0.2, 0) is 11.3 Å². The quantitative estimate of drug-likeness (QED) is 0.632. The van der Waals surface area contributed by atoms with E-state index in [9.17, 15) is 0 Å². The highest BCUT2D eigenvalue weighted by molar-refractivity contribution is 5.79. The summed E-state index contributed by atoms with van der Waals surface area (Å²) in [5.41, 5.74) is 0.893. The van der Waals surface area contributed by atoms with Crippen molar-refractivity contribution in [2.24, 2.45) is 10.9 Å². The number of guanidine groups is 1. The van der Waals surface area contributed by atoms with E-state index in [1.54, 1.807) is 13.3 Å². The second-order valence-electron chi connectivity index (χ2n) is 4.50. The van der Waals surface area contributed by atoms with Crippen LogP contribution in [0.25, 0.3) is 0 Å². The van der Waals surface area contributed by atoms with Gasteiger partial charge in [0.1, 0.15) is 12.0 Å². The maximum atomic E-state index is 5.35. The van der Waals surface area contributed by atoms with Crippen molar-refractivity contribution in [3.8, 4) is 0 Å². The Morgan fingerprint density at radius 2 is 2.56 bits per heavy atom. The summed E-state index contributed by atoms with van der Waals surface area (Å²) in [6.07, 6.45) is 2.70. The van der Waals surface area contributed by atoms with Crippen molar-refractivity contribution in [2.75, 3.05) is 33.9 Å². The molecule has 18 heavy (non-hydrogen) atoms. The van der Waals surface area contributed by atoms with Gasteiger partial charge < -0.3 is 19.5 Å². The second kappa shape index (κ2) is 6.39. The van der Waals surface area contributed by atoms with Gasteiger partial charge in [-0.2, -0.15) is 0 Å². The van der Waals surface area contributed by atoms with Gasteiger partial charge in [-0.3, -0.25) is 4.99 Å². The fourth-order valence-corrected chi connectivity index (χ4v) is 2.00. The van der Waals surface area contributed by atoms with E-state index in [4.69, 9.17) is 9.26 Å². The first-order valence-electron chi connectivity index (χ1n) is 6.18. The molecular weight excluding hydrogens is 232 g/mol. The Hall–Kier alpha value is -1.56. The Bertz CT molecular complexity index is 371. The monoisotopic (exact) mass is 252 g/mol. The van der Waals surface area contributed by atoms with Gasteiger partial charge in [0.05, 0.1) is 13.2 Å². The fourth-order valence-electron chi connectivity index (χ4n) is 2.00. The highest BCUT2D eigenvalue weighted by Gasteiger charge is 2.16. The minimum absolute atomic E-state index is 0.585. The highest BCUT2D eigenvalue weighted by atomic mass is 16.5. The van der Waals surface area contributed by atoms with Gasteiger partial charge in [0, 0.05) is 39.2 Å². The van der Waals surface area contributed by atoms with Crippen LogP contribution in [0, 0.1) is 5.92 Å². The van der Waals surface area contributed by atoms with Crippen molar-refractivity contribution >= 4 is 5.96 Å². The van der Waals surface area contributed by atoms with Crippen molar-refractivity contribution < 1.29 is 9.26 Å². The number of aliphatic imine (C=N–C) groups is 1. The van der Waals surface area contributed by atoms with Crippen LogP contribution >= 0.6 is 0 Å². The van der Waals surface area contributed by atoms with Crippen molar-refractivity contribution in [3.05, 3.63) is 18.0 Å². The molecule has 0 aromatic carbocycles. The van der Waals surface area contributed by atoms with Gasteiger partial charge in [0.25, 0.3) is 0 Å². The molecule has 6 nitrogen and oxygen atoms in total. The summed E-state index contributed by atoms with van der Waals surface area (Å²) in [5.74, 6) is 1.45. The second-order valence-corrected chi connectivity index (χ2v) is 4.50. The molecule has 0 aliphatic carbocycles.